The largest absolute Gasteiger partial charge is 0.508 e. The lowest BCUT2D eigenvalue weighted by Gasteiger charge is -2.17. The van der Waals surface area contributed by atoms with Gasteiger partial charge in [0.05, 0.1) is 0 Å². The van der Waals surface area contributed by atoms with Crippen LogP contribution in [0.25, 0.3) is 0 Å². The van der Waals surface area contributed by atoms with E-state index in [-0.39, 0.29) is 0 Å². The molecule has 0 unspecified atom stereocenters. The van der Waals surface area contributed by atoms with Gasteiger partial charge in [0.2, 0.25) is 0 Å². The van der Waals surface area contributed by atoms with Gasteiger partial charge in [-0.15, -0.1) is 0 Å². The standard InChI is InChI=1S/C13H20O/c1-5-11(6-2)12-7-8-13(14)10(4)9(12)3/h7-8,11,14H,5-6H2,1-4H3. The molecule has 1 N–H and O–H groups in total. The summed E-state index contributed by atoms with van der Waals surface area (Å²) in [4.78, 5) is 0. The van der Waals surface area contributed by atoms with Crippen molar-refractivity contribution in [3.63, 3.8) is 0 Å². The SMILES string of the molecule is CCC(CC)c1ccc(O)c(C)c1C. The molecule has 0 aliphatic rings. The zero-order valence-corrected chi connectivity index (χ0v) is 9.59. The first kappa shape index (κ1) is 11.1. The molecule has 0 spiro atoms. The van der Waals surface area contributed by atoms with Gasteiger partial charge in [-0.2, -0.15) is 0 Å². The molecule has 0 amide bonds. The fourth-order valence-corrected chi connectivity index (χ4v) is 2.00. The van der Waals surface area contributed by atoms with Gasteiger partial charge in [-0.25, -0.2) is 0 Å². The Hall–Kier alpha value is -0.980. The predicted octanol–water partition coefficient (Wildman–Crippen LogP) is 3.91. The minimum absolute atomic E-state index is 0.414. The molecule has 1 nitrogen and oxygen atoms in total. The Labute approximate surface area is 86.8 Å². The van der Waals surface area contributed by atoms with Gasteiger partial charge < -0.3 is 5.11 Å². The van der Waals surface area contributed by atoms with Crippen LogP contribution in [0.2, 0.25) is 0 Å². The van der Waals surface area contributed by atoms with Crippen molar-refractivity contribution in [1.29, 1.82) is 0 Å². The van der Waals surface area contributed by atoms with E-state index in [9.17, 15) is 5.11 Å². The number of hydrogen-bond acceptors (Lipinski definition) is 1. The van der Waals surface area contributed by atoms with Crippen molar-refractivity contribution in [2.75, 3.05) is 0 Å². The summed E-state index contributed by atoms with van der Waals surface area (Å²) in [5.41, 5.74) is 3.67. The lowest BCUT2D eigenvalue weighted by molar-refractivity contribution is 0.469. The Morgan fingerprint density at radius 2 is 1.64 bits per heavy atom. The number of aromatic hydroxyl groups is 1. The highest BCUT2D eigenvalue weighted by Crippen LogP contribution is 2.31. The van der Waals surface area contributed by atoms with E-state index in [1.807, 2.05) is 13.0 Å². The van der Waals surface area contributed by atoms with Crippen LogP contribution < -0.4 is 0 Å². The quantitative estimate of drug-likeness (QED) is 0.769. The molecule has 0 bridgehead atoms. The van der Waals surface area contributed by atoms with Crippen molar-refractivity contribution in [2.45, 2.75) is 46.5 Å². The van der Waals surface area contributed by atoms with Gasteiger partial charge in [0, 0.05) is 0 Å². The molecule has 0 atom stereocenters. The molecule has 14 heavy (non-hydrogen) atoms. The molecule has 0 aromatic heterocycles. The van der Waals surface area contributed by atoms with Crippen LogP contribution >= 0.6 is 0 Å². The summed E-state index contributed by atoms with van der Waals surface area (Å²) in [5.74, 6) is 1.05. The molecule has 1 heteroatoms. The number of benzene rings is 1. The molecule has 1 aromatic carbocycles. The van der Waals surface area contributed by atoms with Gasteiger partial charge in [0.25, 0.3) is 0 Å². The Morgan fingerprint density at radius 1 is 1.07 bits per heavy atom. The summed E-state index contributed by atoms with van der Waals surface area (Å²) < 4.78 is 0. The zero-order chi connectivity index (χ0) is 10.7. The van der Waals surface area contributed by atoms with Crippen LogP contribution in [0.3, 0.4) is 0 Å². The van der Waals surface area contributed by atoms with Crippen LogP contribution in [0.15, 0.2) is 12.1 Å². The predicted molar refractivity (Wildman–Crippen MR) is 60.9 cm³/mol. The Kier molecular flexibility index (Phi) is 3.56. The summed E-state index contributed by atoms with van der Waals surface area (Å²) in [6, 6.07) is 3.88. The second-order valence-electron chi connectivity index (χ2n) is 3.94. The van der Waals surface area contributed by atoms with Gasteiger partial charge >= 0.3 is 0 Å². The summed E-state index contributed by atoms with van der Waals surface area (Å²) in [5, 5.41) is 9.55. The smallest absolute Gasteiger partial charge is 0.118 e. The van der Waals surface area contributed by atoms with Gasteiger partial charge in [-0.1, -0.05) is 19.9 Å². The first-order chi connectivity index (χ1) is 6.61. The number of phenols is 1. The number of rotatable bonds is 3. The summed E-state index contributed by atoms with van der Waals surface area (Å²) in [6.07, 6.45) is 2.34. The number of phenolic OH excluding ortho intramolecular Hbond substituents is 1. The van der Waals surface area contributed by atoms with E-state index >= 15 is 0 Å². The van der Waals surface area contributed by atoms with Crippen LogP contribution in [-0.2, 0) is 0 Å². The van der Waals surface area contributed by atoms with Crippen LogP contribution in [0.4, 0.5) is 0 Å². The maximum absolute atomic E-state index is 9.55. The average Bonchev–Trinajstić information content (AvgIpc) is 2.19. The molecule has 0 saturated heterocycles. The lowest BCUT2D eigenvalue weighted by Crippen LogP contribution is -2.00. The van der Waals surface area contributed by atoms with Crippen molar-refractivity contribution >= 4 is 0 Å². The zero-order valence-electron chi connectivity index (χ0n) is 9.59. The van der Waals surface area contributed by atoms with Crippen LogP contribution in [0, 0.1) is 13.8 Å². The average molecular weight is 192 g/mol. The molecule has 0 saturated carbocycles. The van der Waals surface area contributed by atoms with Crippen molar-refractivity contribution in [3.8, 4) is 5.75 Å². The van der Waals surface area contributed by atoms with E-state index in [0.717, 1.165) is 5.56 Å². The molecular formula is C13H20O. The van der Waals surface area contributed by atoms with Gasteiger partial charge in [-0.3, -0.25) is 0 Å². The fraction of sp³-hybridized carbons (Fsp3) is 0.538. The molecule has 0 fully saturated rings. The van der Waals surface area contributed by atoms with Gasteiger partial charge in [-0.05, 0) is 55.4 Å². The maximum Gasteiger partial charge on any atom is 0.118 e. The van der Waals surface area contributed by atoms with E-state index in [1.54, 1.807) is 0 Å². The lowest BCUT2D eigenvalue weighted by atomic mass is 9.88. The second kappa shape index (κ2) is 4.50. The van der Waals surface area contributed by atoms with Crippen molar-refractivity contribution < 1.29 is 5.11 Å². The second-order valence-corrected chi connectivity index (χ2v) is 3.94. The summed E-state index contributed by atoms with van der Waals surface area (Å²) in [7, 11) is 0. The Morgan fingerprint density at radius 3 is 2.14 bits per heavy atom. The van der Waals surface area contributed by atoms with Gasteiger partial charge in [0.1, 0.15) is 5.75 Å². The third-order valence-corrected chi connectivity index (χ3v) is 3.23. The fourth-order valence-electron chi connectivity index (χ4n) is 2.00. The normalized spacial score (nSPS) is 10.9. The molecule has 78 valence electrons. The third kappa shape index (κ3) is 1.92. The first-order valence-electron chi connectivity index (χ1n) is 5.40. The van der Waals surface area contributed by atoms with Crippen molar-refractivity contribution in [3.05, 3.63) is 28.8 Å². The minimum Gasteiger partial charge on any atom is -0.508 e. The van der Waals surface area contributed by atoms with Crippen molar-refractivity contribution in [1.82, 2.24) is 0 Å². The molecule has 1 aromatic rings. The number of hydrogen-bond donors (Lipinski definition) is 1. The Balaban J connectivity index is 3.16. The van der Waals surface area contributed by atoms with E-state index in [2.05, 4.69) is 26.8 Å². The van der Waals surface area contributed by atoms with E-state index < -0.39 is 0 Å². The van der Waals surface area contributed by atoms with E-state index in [0.29, 0.717) is 11.7 Å². The highest BCUT2D eigenvalue weighted by atomic mass is 16.3. The molecule has 0 aliphatic heterocycles. The minimum atomic E-state index is 0.414. The molecule has 0 heterocycles. The van der Waals surface area contributed by atoms with E-state index in [4.69, 9.17) is 0 Å². The molecule has 0 radical (unpaired) electrons. The van der Waals surface area contributed by atoms with Gasteiger partial charge in [0.15, 0.2) is 0 Å². The van der Waals surface area contributed by atoms with E-state index in [1.165, 1.54) is 24.0 Å². The maximum atomic E-state index is 9.55. The van der Waals surface area contributed by atoms with Crippen LogP contribution in [-0.4, -0.2) is 5.11 Å². The van der Waals surface area contributed by atoms with Crippen molar-refractivity contribution in [2.24, 2.45) is 0 Å². The summed E-state index contributed by atoms with van der Waals surface area (Å²) >= 11 is 0. The van der Waals surface area contributed by atoms with Crippen LogP contribution in [0.1, 0.15) is 49.3 Å². The monoisotopic (exact) mass is 192 g/mol. The third-order valence-electron chi connectivity index (χ3n) is 3.23. The molecule has 0 aliphatic carbocycles. The molecule has 1 rings (SSSR count). The van der Waals surface area contributed by atoms with Crippen LogP contribution in [0.5, 0.6) is 5.75 Å². The summed E-state index contributed by atoms with van der Waals surface area (Å²) in [6.45, 7) is 8.52. The first-order valence-corrected chi connectivity index (χ1v) is 5.40. The topological polar surface area (TPSA) is 20.2 Å². The highest BCUT2D eigenvalue weighted by molar-refractivity contribution is 5.44. The Bertz CT molecular complexity index is 311. The molecular weight excluding hydrogens is 172 g/mol. The highest BCUT2D eigenvalue weighted by Gasteiger charge is 2.12.